The van der Waals surface area contributed by atoms with Crippen molar-refractivity contribution in [3.8, 4) is 17.2 Å². The molecule has 0 unspecified atom stereocenters. The van der Waals surface area contributed by atoms with Gasteiger partial charge in [-0.15, -0.1) is 0 Å². The number of ether oxygens (including phenoxy) is 2. The summed E-state index contributed by atoms with van der Waals surface area (Å²) in [6, 6.07) is 17.7. The van der Waals surface area contributed by atoms with Gasteiger partial charge in [0.1, 0.15) is 17.2 Å². The van der Waals surface area contributed by atoms with Gasteiger partial charge in [0.25, 0.3) is 11.8 Å². The largest absolute Gasteiger partial charge is 0.497 e. The second-order valence-electron chi connectivity index (χ2n) is 9.79. The monoisotopic (exact) mass is 652 g/mol. The molecule has 0 aliphatic carbocycles. The van der Waals surface area contributed by atoms with Crippen LogP contribution in [-0.2, 0) is 26.1 Å². The van der Waals surface area contributed by atoms with Crippen molar-refractivity contribution in [3.05, 3.63) is 109 Å². The molecular formula is C31H30BrClN4O5. The smallest absolute Gasteiger partial charge is 0.333 e. The topological polar surface area (TPSA) is 94.8 Å². The Bertz CT molecular complexity index is 1710. The van der Waals surface area contributed by atoms with Crippen LogP contribution >= 0.6 is 27.5 Å². The van der Waals surface area contributed by atoms with Gasteiger partial charge < -0.3 is 19.7 Å². The van der Waals surface area contributed by atoms with Crippen molar-refractivity contribution in [3.63, 3.8) is 0 Å². The maximum Gasteiger partial charge on any atom is 0.333 e. The van der Waals surface area contributed by atoms with Crippen LogP contribution in [0, 0.1) is 0 Å². The molecule has 5 rings (SSSR count). The van der Waals surface area contributed by atoms with Crippen LogP contribution in [0.25, 0.3) is 5.69 Å². The molecule has 1 aromatic heterocycles. The van der Waals surface area contributed by atoms with Crippen molar-refractivity contribution in [1.82, 2.24) is 19.4 Å². The second-order valence-corrected chi connectivity index (χ2v) is 11.1. The Morgan fingerprint density at radius 3 is 2.33 bits per heavy atom. The van der Waals surface area contributed by atoms with Crippen molar-refractivity contribution >= 4 is 39.3 Å². The molecule has 0 radical (unpaired) electrons. The number of aryl methyl sites for hydroxylation is 1. The van der Waals surface area contributed by atoms with Crippen LogP contribution in [0.3, 0.4) is 0 Å². The molecular weight excluding hydrogens is 624 g/mol. The summed E-state index contributed by atoms with van der Waals surface area (Å²) < 4.78 is 14.3. The summed E-state index contributed by atoms with van der Waals surface area (Å²) in [7, 11) is 3.18. The van der Waals surface area contributed by atoms with E-state index in [0.29, 0.717) is 38.7 Å². The molecule has 1 aliphatic heterocycles. The summed E-state index contributed by atoms with van der Waals surface area (Å²) >= 11 is 9.60. The molecule has 42 heavy (non-hydrogen) atoms. The average molecular weight is 654 g/mol. The molecule has 0 spiro atoms. The minimum Gasteiger partial charge on any atom is -0.497 e. The first-order chi connectivity index (χ1) is 20.2. The maximum atomic E-state index is 13.9. The third kappa shape index (κ3) is 5.69. The highest BCUT2D eigenvalue weighted by atomic mass is 79.9. The first-order valence-corrected chi connectivity index (χ1v) is 14.6. The van der Waals surface area contributed by atoms with Crippen molar-refractivity contribution in [2.24, 2.45) is 0 Å². The number of carbonyl (C=O) groups is 2. The third-order valence-corrected chi connectivity index (χ3v) is 8.64. The van der Waals surface area contributed by atoms with Crippen LogP contribution in [0.15, 0.2) is 69.9 Å². The standard InChI is InChI=1S/C31H30BrClN4O5/c1-4-19-15-24(42-3)9-5-21(19)17-34-29(38)28-27-18-35(30(39)20-6-12-25(32)26(33)16-20)13-14-36(27)31(40)37(28)22-7-10-23(41-2)11-8-22/h5-12,15-16H,4,13-14,17-18H2,1-3H3,(H,34,38). The number of nitrogens with one attached hydrogen (secondary N) is 1. The highest BCUT2D eigenvalue weighted by Gasteiger charge is 2.32. The second kappa shape index (κ2) is 12.5. The zero-order chi connectivity index (χ0) is 30.0. The number of hydrogen-bond donors (Lipinski definition) is 1. The van der Waals surface area contributed by atoms with Gasteiger partial charge in [-0.25, -0.2) is 4.79 Å². The quantitative estimate of drug-likeness (QED) is 0.282. The lowest BCUT2D eigenvalue weighted by Crippen LogP contribution is -2.41. The SMILES string of the molecule is CCc1cc(OC)ccc1CNC(=O)c1c2n(c(=O)n1-c1ccc(OC)cc1)CCN(C(=O)c1ccc(Br)c(Cl)c1)C2. The van der Waals surface area contributed by atoms with Crippen LogP contribution in [0.1, 0.15) is 44.6 Å². The molecule has 0 bridgehead atoms. The van der Waals surface area contributed by atoms with Crippen molar-refractivity contribution < 1.29 is 19.1 Å². The molecule has 11 heteroatoms. The predicted molar refractivity (Wildman–Crippen MR) is 164 cm³/mol. The Morgan fingerprint density at radius 2 is 1.67 bits per heavy atom. The van der Waals surface area contributed by atoms with E-state index in [9.17, 15) is 14.4 Å². The van der Waals surface area contributed by atoms with Gasteiger partial charge in [0.2, 0.25) is 0 Å². The number of rotatable bonds is 8. The molecule has 2 heterocycles. The normalized spacial score (nSPS) is 12.5. The zero-order valence-corrected chi connectivity index (χ0v) is 25.8. The lowest BCUT2D eigenvalue weighted by Gasteiger charge is -2.28. The van der Waals surface area contributed by atoms with E-state index < -0.39 is 5.91 Å². The molecule has 0 saturated heterocycles. The molecule has 2 amide bonds. The summed E-state index contributed by atoms with van der Waals surface area (Å²) in [4.78, 5) is 42.7. The van der Waals surface area contributed by atoms with Crippen LogP contribution in [0.4, 0.5) is 0 Å². The van der Waals surface area contributed by atoms with Gasteiger partial charge in [-0.3, -0.25) is 18.7 Å². The van der Waals surface area contributed by atoms with E-state index in [0.717, 1.165) is 23.3 Å². The maximum absolute atomic E-state index is 13.9. The molecule has 0 saturated carbocycles. The molecule has 4 aromatic rings. The van der Waals surface area contributed by atoms with Gasteiger partial charge in [-0.2, -0.15) is 0 Å². The number of hydrogen-bond acceptors (Lipinski definition) is 5. The molecule has 9 nitrogen and oxygen atoms in total. The number of nitrogens with zero attached hydrogens (tertiary/aromatic N) is 3. The highest BCUT2D eigenvalue weighted by molar-refractivity contribution is 9.10. The number of amides is 2. The van der Waals surface area contributed by atoms with E-state index in [4.69, 9.17) is 21.1 Å². The van der Waals surface area contributed by atoms with Gasteiger partial charge in [0, 0.05) is 29.7 Å². The summed E-state index contributed by atoms with van der Waals surface area (Å²) in [6.45, 7) is 2.92. The Balaban J connectivity index is 1.52. The molecule has 0 fully saturated rings. The summed E-state index contributed by atoms with van der Waals surface area (Å²) in [6.07, 6.45) is 0.762. The number of fused-ring (bicyclic) bond motifs is 1. The minimum atomic E-state index is -0.421. The van der Waals surface area contributed by atoms with E-state index in [-0.39, 0.29) is 36.9 Å². The number of halogens is 2. The fourth-order valence-corrected chi connectivity index (χ4v) is 5.57. The van der Waals surface area contributed by atoms with Crippen LogP contribution < -0.4 is 20.5 Å². The summed E-state index contributed by atoms with van der Waals surface area (Å²) in [5, 5.41) is 3.43. The number of methoxy groups -OCH3 is 2. The third-order valence-electron chi connectivity index (χ3n) is 7.41. The fourth-order valence-electron chi connectivity index (χ4n) is 5.14. The van der Waals surface area contributed by atoms with E-state index in [1.807, 2.05) is 25.1 Å². The predicted octanol–water partition coefficient (Wildman–Crippen LogP) is 5.22. The van der Waals surface area contributed by atoms with Crippen molar-refractivity contribution in [1.29, 1.82) is 0 Å². The van der Waals surface area contributed by atoms with E-state index in [2.05, 4.69) is 21.2 Å². The van der Waals surface area contributed by atoms with E-state index in [1.54, 1.807) is 66.2 Å². The van der Waals surface area contributed by atoms with Crippen LogP contribution in [0.5, 0.6) is 11.5 Å². The first kappa shape index (κ1) is 29.5. The fraction of sp³-hybridized carbons (Fsp3) is 0.258. The van der Waals surface area contributed by atoms with Gasteiger partial charge in [0.15, 0.2) is 0 Å². The van der Waals surface area contributed by atoms with E-state index in [1.165, 1.54) is 4.57 Å². The Kier molecular flexibility index (Phi) is 8.74. The van der Waals surface area contributed by atoms with Crippen molar-refractivity contribution in [2.45, 2.75) is 33.0 Å². The van der Waals surface area contributed by atoms with Gasteiger partial charge in [-0.1, -0.05) is 24.6 Å². The van der Waals surface area contributed by atoms with Gasteiger partial charge >= 0.3 is 5.69 Å². The van der Waals surface area contributed by atoms with Gasteiger partial charge in [-0.05, 0) is 88.1 Å². The van der Waals surface area contributed by atoms with Gasteiger partial charge in [0.05, 0.1) is 37.2 Å². The molecule has 0 atom stereocenters. The van der Waals surface area contributed by atoms with Crippen molar-refractivity contribution in [2.75, 3.05) is 20.8 Å². The Morgan fingerprint density at radius 1 is 0.952 bits per heavy atom. The summed E-state index contributed by atoms with van der Waals surface area (Å²) in [5.74, 6) is 0.708. The number of aromatic nitrogens is 2. The summed E-state index contributed by atoms with van der Waals surface area (Å²) in [5.41, 5.74) is 3.23. The highest BCUT2D eigenvalue weighted by Crippen LogP contribution is 2.26. The molecule has 218 valence electrons. The lowest BCUT2D eigenvalue weighted by atomic mass is 10.0. The molecule has 3 aromatic carbocycles. The van der Waals surface area contributed by atoms with Crippen LogP contribution in [-0.4, -0.2) is 46.6 Å². The molecule has 1 N–H and O–H groups in total. The van der Waals surface area contributed by atoms with E-state index >= 15 is 0 Å². The Hall–Kier alpha value is -4.02. The lowest BCUT2D eigenvalue weighted by molar-refractivity contribution is 0.0706. The number of imidazole rings is 1. The zero-order valence-electron chi connectivity index (χ0n) is 23.4. The molecule has 1 aliphatic rings. The van der Waals surface area contributed by atoms with Crippen LogP contribution in [0.2, 0.25) is 5.02 Å². The average Bonchev–Trinajstić information content (AvgIpc) is 3.32. The number of carbonyl (C=O) groups excluding carboxylic acids is 2. The number of benzene rings is 3. The minimum absolute atomic E-state index is 0.0798. The Labute approximate surface area is 256 Å². The first-order valence-electron chi connectivity index (χ1n) is 13.4.